The third-order valence-corrected chi connectivity index (χ3v) is 4.19. The first-order valence-corrected chi connectivity index (χ1v) is 7.65. The minimum Gasteiger partial charge on any atom is -0.490 e. The second kappa shape index (κ2) is 7.47. The SMILES string of the molecule is CC1CCC(Oc2cc(F)cc(C#CCCO)c2)CC1C. The first kappa shape index (κ1) is 15.9. The summed E-state index contributed by atoms with van der Waals surface area (Å²) in [6, 6.07) is 4.58. The van der Waals surface area contributed by atoms with Gasteiger partial charge < -0.3 is 9.84 Å². The van der Waals surface area contributed by atoms with Crippen LogP contribution >= 0.6 is 0 Å². The van der Waals surface area contributed by atoms with E-state index in [1.165, 1.54) is 12.1 Å². The van der Waals surface area contributed by atoms with E-state index in [9.17, 15) is 4.39 Å². The van der Waals surface area contributed by atoms with Gasteiger partial charge in [0.15, 0.2) is 0 Å². The van der Waals surface area contributed by atoms with Gasteiger partial charge in [0.2, 0.25) is 0 Å². The average molecular weight is 290 g/mol. The van der Waals surface area contributed by atoms with Crippen molar-refractivity contribution in [3.63, 3.8) is 0 Å². The minimum atomic E-state index is -0.335. The zero-order chi connectivity index (χ0) is 15.2. The topological polar surface area (TPSA) is 29.5 Å². The Morgan fingerprint density at radius 2 is 2.05 bits per heavy atom. The normalized spacial score (nSPS) is 25.0. The Kier molecular flexibility index (Phi) is 5.64. The van der Waals surface area contributed by atoms with Crippen molar-refractivity contribution >= 4 is 0 Å². The van der Waals surface area contributed by atoms with Crippen LogP contribution in [0.1, 0.15) is 45.1 Å². The van der Waals surface area contributed by atoms with Crippen molar-refractivity contribution in [2.75, 3.05) is 6.61 Å². The molecule has 0 bridgehead atoms. The molecule has 0 aromatic heterocycles. The van der Waals surface area contributed by atoms with Gasteiger partial charge in [-0.1, -0.05) is 25.7 Å². The molecule has 1 aromatic rings. The maximum atomic E-state index is 13.6. The van der Waals surface area contributed by atoms with Crippen LogP contribution in [0.15, 0.2) is 18.2 Å². The number of aliphatic hydroxyl groups is 1. The third-order valence-electron chi connectivity index (χ3n) is 4.19. The fourth-order valence-corrected chi connectivity index (χ4v) is 2.72. The van der Waals surface area contributed by atoms with Gasteiger partial charge in [0.05, 0.1) is 12.7 Å². The summed E-state index contributed by atoms with van der Waals surface area (Å²) in [5, 5.41) is 8.71. The van der Waals surface area contributed by atoms with E-state index in [0.717, 1.165) is 25.2 Å². The van der Waals surface area contributed by atoms with Crippen LogP contribution < -0.4 is 4.74 Å². The van der Waals surface area contributed by atoms with E-state index in [2.05, 4.69) is 25.7 Å². The number of halogens is 1. The fourth-order valence-electron chi connectivity index (χ4n) is 2.72. The molecule has 0 aliphatic heterocycles. The van der Waals surface area contributed by atoms with E-state index < -0.39 is 0 Å². The summed E-state index contributed by atoms with van der Waals surface area (Å²) in [5.74, 6) is 7.24. The molecule has 0 radical (unpaired) electrons. The zero-order valence-corrected chi connectivity index (χ0v) is 12.7. The summed E-state index contributed by atoms with van der Waals surface area (Å²) in [7, 11) is 0. The summed E-state index contributed by atoms with van der Waals surface area (Å²) < 4.78 is 19.6. The molecule has 0 amide bonds. The van der Waals surface area contributed by atoms with Gasteiger partial charge in [0.25, 0.3) is 0 Å². The van der Waals surface area contributed by atoms with Gasteiger partial charge in [-0.2, -0.15) is 0 Å². The Bertz CT molecular complexity index is 530. The molecule has 1 aromatic carbocycles. The van der Waals surface area contributed by atoms with Crippen LogP contribution in [0.4, 0.5) is 4.39 Å². The molecule has 1 aliphatic rings. The fraction of sp³-hybridized carbons (Fsp3) is 0.556. The average Bonchev–Trinajstić information content (AvgIpc) is 2.43. The van der Waals surface area contributed by atoms with Crippen LogP contribution in [0, 0.1) is 29.5 Å². The predicted molar refractivity (Wildman–Crippen MR) is 81.6 cm³/mol. The lowest BCUT2D eigenvalue weighted by molar-refractivity contribution is 0.100. The molecular weight excluding hydrogens is 267 g/mol. The Morgan fingerprint density at radius 1 is 1.24 bits per heavy atom. The minimum absolute atomic E-state index is 0.0177. The number of rotatable bonds is 3. The molecule has 2 nitrogen and oxygen atoms in total. The number of benzene rings is 1. The highest BCUT2D eigenvalue weighted by atomic mass is 19.1. The van der Waals surface area contributed by atoms with Gasteiger partial charge in [-0.05, 0) is 43.2 Å². The van der Waals surface area contributed by atoms with Crippen molar-refractivity contribution in [1.29, 1.82) is 0 Å². The summed E-state index contributed by atoms with van der Waals surface area (Å²) in [6.45, 7) is 4.54. The van der Waals surface area contributed by atoms with E-state index in [-0.39, 0.29) is 18.5 Å². The van der Waals surface area contributed by atoms with E-state index in [0.29, 0.717) is 23.7 Å². The molecule has 3 unspecified atom stereocenters. The molecule has 2 rings (SSSR count). The molecule has 1 aliphatic carbocycles. The van der Waals surface area contributed by atoms with Crippen LogP contribution in [-0.4, -0.2) is 17.8 Å². The van der Waals surface area contributed by atoms with Crippen LogP contribution in [0.3, 0.4) is 0 Å². The lowest BCUT2D eigenvalue weighted by atomic mass is 9.80. The molecule has 1 N–H and O–H groups in total. The maximum absolute atomic E-state index is 13.6. The molecule has 3 atom stereocenters. The Morgan fingerprint density at radius 3 is 2.76 bits per heavy atom. The third kappa shape index (κ3) is 4.75. The van der Waals surface area contributed by atoms with Gasteiger partial charge in [-0.3, -0.25) is 0 Å². The van der Waals surface area contributed by atoms with Crippen LogP contribution in [-0.2, 0) is 0 Å². The van der Waals surface area contributed by atoms with Crippen molar-refractivity contribution in [1.82, 2.24) is 0 Å². The smallest absolute Gasteiger partial charge is 0.128 e. The van der Waals surface area contributed by atoms with E-state index >= 15 is 0 Å². The molecule has 0 spiro atoms. The molecule has 0 saturated heterocycles. The van der Waals surface area contributed by atoms with Crippen molar-refractivity contribution in [2.24, 2.45) is 11.8 Å². The highest BCUT2D eigenvalue weighted by Crippen LogP contribution is 2.32. The van der Waals surface area contributed by atoms with Crippen molar-refractivity contribution in [3.8, 4) is 17.6 Å². The van der Waals surface area contributed by atoms with Crippen LogP contribution in [0.25, 0.3) is 0 Å². The largest absolute Gasteiger partial charge is 0.490 e. The molecule has 114 valence electrons. The molecular formula is C18H23FO2. The Hall–Kier alpha value is -1.53. The number of hydrogen-bond donors (Lipinski definition) is 1. The first-order valence-electron chi connectivity index (χ1n) is 7.65. The molecule has 1 saturated carbocycles. The zero-order valence-electron chi connectivity index (χ0n) is 12.7. The second-order valence-corrected chi connectivity index (χ2v) is 5.96. The maximum Gasteiger partial charge on any atom is 0.128 e. The van der Waals surface area contributed by atoms with Gasteiger partial charge in [-0.15, -0.1) is 0 Å². The summed E-state index contributed by atoms with van der Waals surface area (Å²) in [4.78, 5) is 0. The van der Waals surface area contributed by atoms with Gasteiger partial charge in [0, 0.05) is 18.1 Å². The van der Waals surface area contributed by atoms with Crippen molar-refractivity contribution in [3.05, 3.63) is 29.6 Å². The summed E-state index contributed by atoms with van der Waals surface area (Å²) in [5.41, 5.74) is 0.593. The molecule has 0 heterocycles. The second-order valence-electron chi connectivity index (χ2n) is 5.96. The number of aliphatic hydroxyl groups excluding tert-OH is 1. The lowest BCUT2D eigenvalue weighted by Crippen LogP contribution is -2.28. The predicted octanol–water partition coefficient (Wildman–Crippen LogP) is 3.76. The number of hydrogen-bond acceptors (Lipinski definition) is 2. The van der Waals surface area contributed by atoms with E-state index in [4.69, 9.17) is 9.84 Å². The van der Waals surface area contributed by atoms with Gasteiger partial charge in [0.1, 0.15) is 11.6 Å². The van der Waals surface area contributed by atoms with Crippen molar-refractivity contribution < 1.29 is 14.2 Å². The van der Waals surface area contributed by atoms with Crippen LogP contribution in [0.2, 0.25) is 0 Å². The van der Waals surface area contributed by atoms with Gasteiger partial charge >= 0.3 is 0 Å². The monoisotopic (exact) mass is 290 g/mol. The summed E-state index contributed by atoms with van der Waals surface area (Å²) >= 11 is 0. The molecule has 3 heteroatoms. The van der Waals surface area contributed by atoms with Gasteiger partial charge in [-0.25, -0.2) is 4.39 Å². The molecule has 21 heavy (non-hydrogen) atoms. The quantitative estimate of drug-likeness (QED) is 0.859. The van der Waals surface area contributed by atoms with Crippen LogP contribution in [0.5, 0.6) is 5.75 Å². The number of ether oxygens (including phenoxy) is 1. The standard InChI is InChI=1S/C18H23FO2/c1-13-6-7-17(9-14(13)2)21-18-11-15(5-3-4-8-20)10-16(19)12-18/h10-14,17,20H,4,6-9H2,1-2H3. The van der Waals surface area contributed by atoms with E-state index in [1.54, 1.807) is 6.07 Å². The Labute approximate surface area is 126 Å². The van der Waals surface area contributed by atoms with E-state index in [1.807, 2.05) is 0 Å². The van der Waals surface area contributed by atoms with Crippen molar-refractivity contribution in [2.45, 2.75) is 45.6 Å². The lowest BCUT2D eigenvalue weighted by Gasteiger charge is -2.32. The first-order chi connectivity index (χ1) is 10.1. The Balaban J connectivity index is 2.05. The highest BCUT2D eigenvalue weighted by Gasteiger charge is 2.25. The highest BCUT2D eigenvalue weighted by molar-refractivity contribution is 5.40. The summed E-state index contributed by atoms with van der Waals surface area (Å²) in [6.07, 6.45) is 3.75. The molecule has 1 fully saturated rings.